The molecular weight excluding hydrogens is 489 g/mol. The van der Waals surface area contributed by atoms with E-state index in [1.54, 1.807) is 54.6 Å². The van der Waals surface area contributed by atoms with Gasteiger partial charge in [0.1, 0.15) is 11.6 Å². The Labute approximate surface area is 215 Å². The number of halogens is 1. The number of nitro groups is 1. The van der Waals surface area contributed by atoms with Crippen molar-refractivity contribution in [3.05, 3.63) is 136 Å². The van der Waals surface area contributed by atoms with E-state index < -0.39 is 33.9 Å². The van der Waals surface area contributed by atoms with Crippen molar-refractivity contribution in [2.45, 2.75) is 11.5 Å². The fourth-order valence-corrected chi connectivity index (χ4v) is 5.08. The maximum Gasteiger partial charge on any atom is 0.348 e. The van der Waals surface area contributed by atoms with E-state index in [-0.39, 0.29) is 16.9 Å². The van der Waals surface area contributed by atoms with E-state index in [0.29, 0.717) is 22.6 Å². The number of para-hydroxylation sites is 1. The quantitative estimate of drug-likeness (QED) is 0.0909. The molecule has 0 radical (unpaired) electrons. The average Bonchev–Trinajstić information content (AvgIpc) is 3.31. The van der Waals surface area contributed by atoms with Gasteiger partial charge in [0.05, 0.1) is 22.2 Å². The number of esters is 1. The highest BCUT2D eigenvalue weighted by Crippen LogP contribution is 2.52. The van der Waals surface area contributed by atoms with Crippen LogP contribution in [0.15, 0.2) is 108 Å². The van der Waals surface area contributed by atoms with Gasteiger partial charge in [-0.15, -0.1) is 0 Å². The van der Waals surface area contributed by atoms with Crippen LogP contribution in [0.5, 0.6) is 5.75 Å². The molecule has 2 aliphatic heterocycles. The molecule has 4 aromatic rings. The molecule has 2 aliphatic rings. The number of Topliss-reactive ketones (excluding diaryl/α,β-unsaturated/α-hetero) is 1. The van der Waals surface area contributed by atoms with Crippen LogP contribution in [-0.2, 0) is 4.79 Å². The Kier molecular flexibility index (Phi) is 5.34. The number of hydrogen-bond acceptors (Lipinski definition) is 7. The second kappa shape index (κ2) is 8.74. The Bertz CT molecular complexity index is 1620. The molecule has 0 amide bonds. The van der Waals surface area contributed by atoms with E-state index in [2.05, 4.69) is 0 Å². The summed E-state index contributed by atoms with van der Waals surface area (Å²) >= 11 is 0. The Balaban J connectivity index is 1.65. The molecule has 4 aromatic carbocycles. The fraction of sp³-hybridized carbons (Fsp3) is 0.0690. The molecule has 0 N–H and O–H groups in total. The lowest BCUT2D eigenvalue weighted by Gasteiger charge is -2.41. The third-order valence-electron chi connectivity index (χ3n) is 6.80. The van der Waals surface area contributed by atoms with Crippen molar-refractivity contribution < 1.29 is 23.6 Å². The van der Waals surface area contributed by atoms with Crippen LogP contribution in [0.3, 0.4) is 0 Å². The van der Waals surface area contributed by atoms with Crippen molar-refractivity contribution in [1.29, 1.82) is 0 Å². The van der Waals surface area contributed by atoms with Gasteiger partial charge in [-0.3, -0.25) is 14.9 Å². The van der Waals surface area contributed by atoms with Gasteiger partial charge in [0, 0.05) is 23.3 Å². The third kappa shape index (κ3) is 3.40. The van der Waals surface area contributed by atoms with Crippen LogP contribution < -0.4 is 9.75 Å². The van der Waals surface area contributed by atoms with Crippen molar-refractivity contribution >= 4 is 28.8 Å². The number of carbonyl (C=O) groups is 2. The van der Waals surface area contributed by atoms with Gasteiger partial charge < -0.3 is 4.74 Å². The molecule has 0 aliphatic carbocycles. The number of hydrogen-bond donors (Lipinski definition) is 0. The van der Waals surface area contributed by atoms with E-state index in [0.717, 1.165) is 0 Å². The van der Waals surface area contributed by atoms with E-state index >= 15 is 0 Å². The van der Waals surface area contributed by atoms with Crippen molar-refractivity contribution in [3.63, 3.8) is 0 Å². The molecule has 2 atom stereocenters. The SMILES string of the molecule is O=C1Oc2ccccc2C2C(c3ccc(F)cc3)=NN(c3ccc([N+](=O)[O-])cc3)C12C(=O)c1ccccc1. The van der Waals surface area contributed by atoms with Gasteiger partial charge in [-0.2, -0.15) is 5.10 Å². The first-order chi connectivity index (χ1) is 18.4. The van der Waals surface area contributed by atoms with E-state index in [1.165, 1.54) is 53.5 Å². The number of anilines is 1. The zero-order valence-electron chi connectivity index (χ0n) is 19.7. The summed E-state index contributed by atoms with van der Waals surface area (Å²) in [6.07, 6.45) is 0. The standard InChI is InChI=1S/C29H18FN3O5/c30-20-12-10-18(11-13-20)26-25-23-8-4-5-9-24(23)38-28(35)29(25,27(34)19-6-2-1-3-7-19)32(31-26)21-14-16-22(17-15-21)33(36)37/h1-17,25H. The molecule has 6 rings (SSSR count). The lowest BCUT2D eigenvalue weighted by molar-refractivity contribution is -0.384. The predicted molar refractivity (Wildman–Crippen MR) is 137 cm³/mol. The molecule has 9 heteroatoms. The Hall–Kier alpha value is -5.18. The number of carbonyl (C=O) groups excluding carboxylic acids is 2. The molecule has 186 valence electrons. The van der Waals surface area contributed by atoms with Crippen molar-refractivity contribution in [2.24, 2.45) is 5.10 Å². The van der Waals surface area contributed by atoms with Gasteiger partial charge in [-0.05, 0) is 35.9 Å². The van der Waals surface area contributed by atoms with Crippen molar-refractivity contribution in [1.82, 2.24) is 0 Å². The number of benzene rings is 4. The monoisotopic (exact) mass is 507 g/mol. The number of hydrazone groups is 1. The molecule has 0 bridgehead atoms. The first-order valence-electron chi connectivity index (χ1n) is 11.7. The molecule has 8 nitrogen and oxygen atoms in total. The maximum absolute atomic E-state index is 14.4. The Morgan fingerprint density at radius 1 is 0.921 bits per heavy atom. The second-order valence-corrected chi connectivity index (χ2v) is 8.90. The normalized spacial score (nSPS) is 19.7. The zero-order chi connectivity index (χ0) is 26.4. The highest BCUT2D eigenvalue weighted by Gasteiger charge is 2.66. The lowest BCUT2D eigenvalue weighted by atomic mass is 9.69. The lowest BCUT2D eigenvalue weighted by Crippen LogP contribution is -2.63. The number of rotatable bonds is 5. The van der Waals surface area contributed by atoms with Crippen molar-refractivity contribution in [3.8, 4) is 5.75 Å². The highest BCUT2D eigenvalue weighted by molar-refractivity contribution is 6.28. The van der Waals surface area contributed by atoms with E-state index in [9.17, 15) is 24.1 Å². The number of non-ortho nitro benzene ring substituents is 1. The summed E-state index contributed by atoms with van der Waals surface area (Å²) < 4.78 is 19.6. The number of nitro benzene ring substituents is 1. The summed E-state index contributed by atoms with van der Waals surface area (Å²) in [5.74, 6) is -2.47. The predicted octanol–water partition coefficient (Wildman–Crippen LogP) is 5.28. The topological polar surface area (TPSA) is 102 Å². The second-order valence-electron chi connectivity index (χ2n) is 8.90. The van der Waals surface area contributed by atoms with Crippen LogP contribution in [0.25, 0.3) is 0 Å². The van der Waals surface area contributed by atoms with E-state index in [4.69, 9.17) is 9.84 Å². The molecular formula is C29H18FN3O5. The minimum Gasteiger partial charge on any atom is -0.424 e. The summed E-state index contributed by atoms with van der Waals surface area (Å²) in [6, 6.07) is 26.3. The number of ether oxygens (including phenoxy) is 1. The molecule has 2 heterocycles. The van der Waals surface area contributed by atoms with Crippen LogP contribution in [0.2, 0.25) is 0 Å². The number of nitrogens with zero attached hydrogens (tertiary/aromatic N) is 3. The summed E-state index contributed by atoms with van der Waals surface area (Å²) in [7, 11) is 0. The highest BCUT2D eigenvalue weighted by atomic mass is 19.1. The molecule has 0 fully saturated rings. The van der Waals surface area contributed by atoms with Gasteiger partial charge in [0.25, 0.3) is 5.69 Å². The van der Waals surface area contributed by atoms with Gasteiger partial charge >= 0.3 is 5.97 Å². The largest absolute Gasteiger partial charge is 0.424 e. The molecule has 0 saturated heterocycles. The van der Waals surface area contributed by atoms with Crippen LogP contribution in [0.1, 0.15) is 27.4 Å². The zero-order valence-corrected chi connectivity index (χ0v) is 19.7. The van der Waals surface area contributed by atoms with Gasteiger partial charge in [0.15, 0.2) is 0 Å². The summed E-state index contributed by atoms with van der Waals surface area (Å²) in [4.78, 5) is 39.2. The van der Waals surface area contributed by atoms with Gasteiger partial charge in [-0.1, -0.05) is 60.7 Å². The first kappa shape index (κ1) is 23.2. The van der Waals surface area contributed by atoms with Crippen LogP contribution in [0.4, 0.5) is 15.8 Å². The van der Waals surface area contributed by atoms with Gasteiger partial charge in [0.2, 0.25) is 11.3 Å². The van der Waals surface area contributed by atoms with Gasteiger partial charge in [-0.25, -0.2) is 14.2 Å². The summed E-state index contributed by atoms with van der Waals surface area (Å²) in [5.41, 5.74) is -0.201. The summed E-state index contributed by atoms with van der Waals surface area (Å²) in [5, 5.41) is 17.3. The molecule has 38 heavy (non-hydrogen) atoms. The molecule has 0 aromatic heterocycles. The molecule has 0 spiro atoms. The molecule has 2 unspecified atom stereocenters. The minimum absolute atomic E-state index is 0.160. The van der Waals surface area contributed by atoms with Crippen LogP contribution >= 0.6 is 0 Å². The number of ketones is 1. The Morgan fingerprint density at radius 3 is 2.26 bits per heavy atom. The maximum atomic E-state index is 14.4. The Morgan fingerprint density at radius 2 is 1.58 bits per heavy atom. The number of fused-ring (bicyclic) bond motifs is 3. The molecule has 0 saturated carbocycles. The third-order valence-corrected chi connectivity index (χ3v) is 6.80. The fourth-order valence-electron chi connectivity index (χ4n) is 5.08. The summed E-state index contributed by atoms with van der Waals surface area (Å²) in [6.45, 7) is 0. The first-order valence-corrected chi connectivity index (χ1v) is 11.7. The van der Waals surface area contributed by atoms with E-state index in [1.807, 2.05) is 0 Å². The van der Waals surface area contributed by atoms with Crippen LogP contribution in [0, 0.1) is 15.9 Å². The smallest absolute Gasteiger partial charge is 0.348 e. The van der Waals surface area contributed by atoms with Crippen molar-refractivity contribution in [2.75, 3.05) is 5.01 Å². The average molecular weight is 507 g/mol. The van der Waals surface area contributed by atoms with Crippen LogP contribution in [-0.4, -0.2) is 27.9 Å². The minimum atomic E-state index is -2.00.